The van der Waals surface area contributed by atoms with Gasteiger partial charge in [0.15, 0.2) is 0 Å². The first-order valence-corrected chi connectivity index (χ1v) is 14.1. The number of amides is 2. The van der Waals surface area contributed by atoms with Crippen LogP contribution in [-0.4, -0.2) is 49.1 Å². The van der Waals surface area contributed by atoms with E-state index in [4.69, 9.17) is 11.6 Å². The molecule has 3 aromatic rings. The van der Waals surface area contributed by atoms with E-state index in [0.29, 0.717) is 42.2 Å². The molecule has 194 valence electrons. The largest absolute Gasteiger partial charge is 0.324 e. The van der Waals surface area contributed by atoms with Gasteiger partial charge in [-0.15, -0.1) is 0 Å². The normalized spacial score (nSPS) is 15.7. The number of carbonyl (C=O) groups excluding carboxylic acids is 2. The maximum Gasteiger partial charge on any atom is 0.255 e. The van der Waals surface area contributed by atoms with Crippen molar-refractivity contribution in [1.29, 1.82) is 0 Å². The summed E-state index contributed by atoms with van der Waals surface area (Å²) in [5.41, 5.74) is 2.40. The van der Waals surface area contributed by atoms with Crippen LogP contribution >= 0.6 is 11.6 Å². The quantitative estimate of drug-likeness (QED) is 0.419. The molecule has 0 spiro atoms. The van der Waals surface area contributed by atoms with Crippen LogP contribution in [0.1, 0.15) is 54.2 Å². The molecule has 0 aliphatic carbocycles. The summed E-state index contributed by atoms with van der Waals surface area (Å²) in [4.78, 5) is 28.3. The van der Waals surface area contributed by atoms with Crippen molar-refractivity contribution in [2.75, 3.05) is 25.0 Å². The number of fused-ring (bicyclic) bond motifs is 1. The van der Waals surface area contributed by atoms with Crippen LogP contribution in [0.3, 0.4) is 0 Å². The first-order chi connectivity index (χ1) is 17.8. The van der Waals surface area contributed by atoms with Crippen molar-refractivity contribution in [3.63, 3.8) is 0 Å². The molecule has 0 saturated heterocycles. The second kappa shape index (κ2) is 11.5. The molecule has 37 heavy (non-hydrogen) atoms. The minimum absolute atomic E-state index is 0.135. The number of hydrogen-bond acceptors (Lipinski definition) is 4. The summed E-state index contributed by atoms with van der Waals surface area (Å²) < 4.78 is 27.8. The maximum absolute atomic E-state index is 13.8. The van der Waals surface area contributed by atoms with Crippen molar-refractivity contribution in [2.45, 2.75) is 37.6 Å². The van der Waals surface area contributed by atoms with Gasteiger partial charge in [0.05, 0.1) is 10.9 Å². The van der Waals surface area contributed by atoms with Crippen molar-refractivity contribution in [3.05, 3.63) is 94.5 Å². The summed E-state index contributed by atoms with van der Waals surface area (Å²) in [5, 5.41) is 3.36. The maximum atomic E-state index is 13.8. The fourth-order valence-electron chi connectivity index (χ4n) is 4.60. The van der Waals surface area contributed by atoms with E-state index in [9.17, 15) is 18.0 Å². The highest BCUT2D eigenvalue weighted by atomic mass is 35.5. The van der Waals surface area contributed by atoms with Crippen LogP contribution in [-0.2, 0) is 14.8 Å². The Labute approximate surface area is 223 Å². The summed E-state index contributed by atoms with van der Waals surface area (Å²) in [6, 6.07) is 20.0. The Bertz CT molecular complexity index is 1370. The van der Waals surface area contributed by atoms with E-state index >= 15 is 0 Å². The molecule has 2 amide bonds. The number of anilines is 1. The third-order valence-electron chi connectivity index (χ3n) is 6.27. The molecule has 0 fully saturated rings. The summed E-state index contributed by atoms with van der Waals surface area (Å²) in [7, 11) is -3.68. The lowest BCUT2D eigenvalue weighted by Crippen LogP contribution is -2.39. The predicted molar refractivity (Wildman–Crippen MR) is 145 cm³/mol. The lowest BCUT2D eigenvalue weighted by atomic mass is 9.95. The zero-order valence-electron chi connectivity index (χ0n) is 20.9. The molecule has 9 heteroatoms. The smallest absolute Gasteiger partial charge is 0.255 e. The lowest BCUT2D eigenvalue weighted by Gasteiger charge is -2.31. The van der Waals surface area contributed by atoms with Gasteiger partial charge < -0.3 is 10.2 Å². The highest BCUT2D eigenvalue weighted by Gasteiger charge is 2.34. The number of rotatable bonds is 8. The molecular formula is C28H30ClN3O4S. The van der Waals surface area contributed by atoms with E-state index in [1.165, 1.54) is 33.5 Å². The number of nitrogens with zero attached hydrogens (tertiary/aromatic N) is 2. The third kappa shape index (κ3) is 5.71. The van der Waals surface area contributed by atoms with Gasteiger partial charge in [-0.05, 0) is 60.9 Å². The Morgan fingerprint density at radius 3 is 2.27 bits per heavy atom. The van der Waals surface area contributed by atoms with E-state index in [0.717, 1.165) is 5.56 Å². The summed E-state index contributed by atoms with van der Waals surface area (Å²) in [6.07, 6.45) is 1.42. The summed E-state index contributed by atoms with van der Waals surface area (Å²) in [6.45, 7) is 4.56. The Morgan fingerprint density at radius 2 is 1.65 bits per heavy atom. The molecule has 0 unspecified atom stereocenters. The average molecular weight is 540 g/mol. The van der Waals surface area contributed by atoms with Gasteiger partial charge in [-0.2, -0.15) is 4.31 Å². The molecule has 1 atom stereocenters. The summed E-state index contributed by atoms with van der Waals surface area (Å²) >= 11 is 6.32. The number of carbonyl (C=O) groups is 2. The Morgan fingerprint density at radius 1 is 1.00 bits per heavy atom. The van der Waals surface area contributed by atoms with E-state index in [-0.39, 0.29) is 28.8 Å². The van der Waals surface area contributed by atoms with Crippen LogP contribution < -0.4 is 5.32 Å². The van der Waals surface area contributed by atoms with Gasteiger partial charge in [-0.3, -0.25) is 9.59 Å². The van der Waals surface area contributed by atoms with Gasteiger partial charge >= 0.3 is 0 Å². The number of sulfonamides is 1. The molecule has 0 saturated carbocycles. The number of halogens is 1. The standard InChI is InChI=1S/C28H30ClN3O4S/c1-3-16-31(17-4-2)37(35,36)23-13-10-21(11-14-23)28(34)32-19-26(33)30-25-15-12-22(29)18-24(25)27(32)20-8-6-5-7-9-20/h5-15,18,27H,3-4,16-17,19H2,1-2H3,(H,30,33)/t27-/m0/s1. The van der Waals surface area contributed by atoms with Crippen molar-refractivity contribution < 1.29 is 18.0 Å². The molecule has 1 aliphatic rings. The van der Waals surface area contributed by atoms with Crippen LogP contribution in [0.4, 0.5) is 5.69 Å². The first kappa shape index (κ1) is 26.9. The number of benzene rings is 3. The van der Waals surface area contributed by atoms with Crippen molar-refractivity contribution in [3.8, 4) is 0 Å². The molecule has 0 aromatic heterocycles. The SMILES string of the molecule is CCCN(CCC)S(=O)(=O)c1ccc(C(=O)N2CC(=O)Nc3ccc(Cl)cc3[C@@H]2c2ccccc2)cc1. The molecule has 1 N–H and O–H groups in total. The van der Waals surface area contributed by atoms with E-state index < -0.39 is 16.1 Å². The topological polar surface area (TPSA) is 86.8 Å². The van der Waals surface area contributed by atoms with Crippen molar-refractivity contribution in [1.82, 2.24) is 9.21 Å². The molecule has 4 rings (SSSR count). The monoisotopic (exact) mass is 539 g/mol. The zero-order chi connectivity index (χ0) is 26.6. The highest BCUT2D eigenvalue weighted by Crippen LogP contribution is 2.38. The van der Waals surface area contributed by atoms with Gasteiger partial charge in [-0.25, -0.2) is 8.42 Å². The van der Waals surface area contributed by atoms with Gasteiger partial charge in [0.2, 0.25) is 15.9 Å². The van der Waals surface area contributed by atoms with Crippen LogP contribution in [0.2, 0.25) is 5.02 Å². The molecular weight excluding hydrogens is 510 g/mol. The molecule has 3 aromatic carbocycles. The third-order valence-corrected chi connectivity index (χ3v) is 8.42. The molecule has 1 aliphatic heterocycles. The fraction of sp³-hybridized carbons (Fsp3) is 0.286. The lowest BCUT2D eigenvalue weighted by molar-refractivity contribution is -0.117. The Hall–Kier alpha value is -3.20. The molecule has 0 radical (unpaired) electrons. The van der Waals surface area contributed by atoms with Crippen LogP contribution in [0.15, 0.2) is 77.7 Å². The zero-order valence-corrected chi connectivity index (χ0v) is 22.4. The van der Waals surface area contributed by atoms with Crippen molar-refractivity contribution >= 4 is 39.1 Å². The predicted octanol–water partition coefficient (Wildman–Crippen LogP) is 5.33. The van der Waals surface area contributed by atoms with E-state index in [2.05, 4.69) is 5.32 Å². The second-order valence-corrected chi connectivity index (χ2v) is 11.3. The minimum Gasteiger partial charge on any atom is -0.324 e. The second-order valence-electron chi connectivity index (χ2n) is 8.95. The van der Waals surface area contributed by atoms with Crippen LogP contribution in [0.5, 0.6) is 0 Å². The van der Waals surface area contributed by atoms with Gasteiger partial charge in [0.25, 0.3) is 5.91 Å². The molecule has 1 heterocycles. The Kier molecular flexibility index (Phi) is 8.32. The number of nitrogens with one attached hydrogen (secondary N) is 1. The molecule has 0 bridgehead atoms. The Balaban J connectivity index is 1.73. The first-order valence-electron chi connectivity index (χ1n) is 12.3. The van der Waals surface area contributed by atoms with E-state index in [1.807, 2.05) is 44.2 Å². The molecule has 7 nitrogen and oxygen atoms in total. The fourth-order valence-corrected chi connectivity index (χ4v) is 6.40. The average Bonchev–Trinajstić information content (AvgIpc) is 3.04. The van der Waals surface area contributed by atoms with Crippen LogP contribution in [0, 0.1) is 0 Å². The minimum atomic E-state index is -3.68. The van der Waals surface area contributed by atoms with Gasteiger partial charge in [0, 0.05) is 34.9 Å². The van der Waals surface area contributed by atoms with E-state index in [1.54, 1.807) is 18.2 Å². The van der Waals surface area contributed by atoms with Crippen LogP contribution in [0.25, 0.3) is 0 Å². The highest BCUT2D eigenvalue weighted by molar-refractivity contribution is 7.89. The summed E-state index contributed by atoms with van der Waals surface area (Å²) in [5.74, 6) is -0.718. The van der Waals surface area contributed by atoms with Crippen molar-refractivity contribution in [2.24, 2.45) is 0 Å². The van der Waals surface area contributed by atoms with Gasteiger partial charge in [0.1, 0.15) is 6.54 Å². The van der Waals surface area contributed by atoms with Gasteiger partial charge in [-0.1, -0.05) is 55.8 Å². The number of hydrogen-bond donors (Lipinski definition) is 1.